The molecular formula is C17H19ClN4. The van der Waals surface area contributed by atoms with Crippen LogP contribution < -0.4 is 4.90 Å². The number of halogens is 1. The van der Waals surface area contributed by atoms with E-state index in [0.717, 1.165) is 25.6 Å². The summed E-state index contributed by atoms with van der Waals surface area (Å²) in [5.41, 5.74) is 1.41. The molecule has 0 saturated carbocycles. The molecule has 0 N–H and O–H groups in total. The minimum atomic E-state index is 0.489. The fourth-order valence-corrected chi connectivity index (χ4v) is 4.14. The highest BCUT2D eigenvalue weighted by molar-refractivity contribution is 6.30. The van der Waals surface area contributed by atoms with Gasteiger partial charge in [-0.05, 0) is 18.5 Å². The maximum absolute atomic E-state index is 5.89. The Morgan fingerprint density at radius 2 is 1.77 bits per heavy atom. The molecule has 3 heterocycles. The van der Waals surface area contributed by atoms with E-state index >= 15 is 0 Å². The van der Waals surface area contributed by atoms with E-state index in [0.29, 0.717) is 22.9 Å². The molecule has 0 radical (unpaired) electrons. The number of fused-ring (bicyclic) bond motifs is 1. The van der Waals surface area contributed by atoms with Gasteiger partial charge in [-0.1, -0.05) is 41.9 Å². The minimum absolute atomic E-state index is 0.489. The molecule has 5 heteroatoms. The van der Waals surface area contributed by atoms with Crippen LogP contribution in [0.1, 0.15) is 11.6 Å². The Labute approximate surface area is 135 Å². The van der Waals surface area contributed by atoms with Crippen molar-refractivity contribution in [1.29, 1.82) is 0 Å². The fraction of sp³-hybridized carbons (Fsp3) is 0.412. The molecule has 0 spiro atoms. The van der Waals surface area contributed by atoms with Gasteiger partial charge in [-0.3, -0.25) is 4.90 Å². The van der Waals surface area contributed by atoms with Crippen molar-refractivity contribution in [1.82, 2.24) is 14.9 Å². The van der Waals surface area contributed by atoms with Crippen molar-refractivity contribution < 1.29 is 0 Å². The van der Waals surface area contributed by atoms with Gasteiger partial charge in [0, 0.05) is 31.6 Å². The fourth-order valence-electron chi connectivity index (χ4n) is 4.04. The standard InChI is InChI=1S/C17H19ClN4/c1-21-9-13-10-22(17-19-7-14(18)8-20-17)11-15(13)16(21)12-5-3-2-4-6-12/h2-8,13,15-16H,9-11H2,1H3/t13-,15-,16+/m1/s1. The summed E-state index contributed by atoms with van der Waals surface area (Å²) in [4.78, 5) is 13.5. The molecule has 2 aliphatic rings. The normalized spacial score (nSPS) is 28.1. The van der Waals surface area contributed by atoms with Crippen molar-refractivity contribution in [3.05, 3.63) is 53.3 Å². The van der Waals surface area contributed by atoms with Gasteiger partial charge in [0.15, 0.2) is 0 Å². The Hall–Kier alpha value is -1.65. The second kappa shape index (κ2) is 5.52. The summed E-state index contributed by atoms with van der Waals surface area (Å²) in [5.74, 6) is 2.11. The minimum Gasteiger partial charge on any atom is -0.340 e. The molecule has 0 bridgehead atoms. The average molecular weight is 315 g/mol. The van der Waals surface area contributed by atoms with E-state index in [4.69, 9.17) is 11.6 Å². The van der Waals surface area contributed by atoms with Gasteiger partial charge in [0.2, 0.25) is 5.95 Å². The van der Waals surface area contributed by atoms with Crippen LogP contribution in [0.4, 0.5) is 5.95 Å². The molecule has 0 aliphatic carbocycles. The summed E-state index contributed by atoms with van der Waals surface area (Å²) in [5, 5.41) is 0.588. The molecule has 2 aromatic rings. The number of nitrogens with zero attached hydrogens (tertiary/aromatic N) is 4. The van der Waals surface area contributed by atoms with Crippen LogP contribution in [0.25, 0.3) is 0 Å². The number of rotatable bonds is 2. The predicted octanol–water partition coefficient (Wildman–Crippen LogP) is 2.87. The molecular weight excluding hydrogens is 296 g/mol. The first kappa shape index (κ1) is 14.0. The van der Waals surface area contributed by atoms with Crippen LogP contribution in [0.3, 0.4) is 0 Å². The first-order valence-corrected chi connectivity index (χ1v) is 8.08. The van der Waals surface area contributed by atoms with Crippen LogP contribution in [0.5, 0.6) is 0 Å². The van der Waals surface area contributed by atoms with E-state index in [1.807, 2.05) is 0 Å². The Morgan fingerprint density at radius 1 is 1.05 bits per heavy atom. The molecule has 1 aromatic carbocycles. The lowest BCUT2D eigenvalue weighted by Crippen LogP contribution is -2.29. The van der Waals surface area contributed by atoms with Crippen LogP contribution in [0, 0.1) is 11.8 Å². The van der Waals surface area contributed by atoms with Gasteiger partial charge >= 0.3 is 0 Å². The summed E-state index contributed by atoms with van der Waals surface area (Å²) in [6, 6.07) is 11.3. The van der Waals surface area contributed by atoms with E-state index in [1.54, 1.807) is 12.4 Å². The molecule has 2 saturated heterocycles. The van der Waals surface area contributed by atoms with Gasteiger partial charge < -0.3 is 4.90 Å². The van der Waals surface area contributed by atoms with Gasteiger partial charge in [-0.15, -0.1) is 0 Å². The second-order valence-electron chi connectivity index (χ2n) is 6.33. The molecule has 2 aliphatic heterocycles. The quantitative estimate of drug-likeness (QED) is 0.853. The van der Waals surface area contributed by atoms with Crippen molar-refractivity contribution in [2.24, 2.45) is 11.8 Å². The topological polar surface area (TPSA) is 32.3 Å². The monoisotopic (exact) mass is 314 g/mol. The second-order valence-corrected chi connectivity index (χ2v) is 6.76. The van der Waals surface area contributed by atoms with Gasteiger partial charge in [-0.25, -0.2) is 9.97 Å². The SMILES string of the molecule is CN1C[C@@H]2CN(c3ncc(Cl)cn3)C[C@H]2[C@@H]1c1ccccc1. The largest absolute Gasteiger partial charge is 0.340 e. The summed E-state index contributed by atoms with van der Waals surface area (Å²) < 4.78 is 0. The highest BCUT2D eigenvalue weighted by Crippen LogP contribution is 2.44. The van der Waals surface area contributed by atoms with Crippen molar-refractivity contribution in [3.8, 4) is 0 Å². The average Bonchev–Trinajstić information content (AvgIpc) is 3.05. The first-order chi connectivity index (χ1) is 10.7. The number of likely N-dealkylation sites (tertiary alicyclic amines) is 1. The Kier molecular flexibility index (Phi) is 3.51. The van der Waals surface area contributed by atoms with E-state index in [-0.39, 0.29) is 0 Å². The molecule has 114 valence electrons. The predicted molar refractivity (Wildman–Crippen MR) is 88.0 cm³/mol. The number of anilines is 1. The Morgan fingerprint density at radius 3 is 2.50 bits per heavy atom. The van der Waals surface area contributed by atoms with E-state index < -0.39 is 0 Å². The summed E-state index contributed by atoms with van der Waals surface area (Å²) in [6.07, 6.45) is 3.36. The van der Waals surface area contributed by atoms with Gasteiger partial charge in [0.05, 0.1) is 17.4 Å². The Bertz CT molecular complexity index is 645. The highest BCUT2D eigenvalue weighted by Gasteiger charge is 2.46. The smallest absolute Gasteiger partial charge is 0.225 e. The number of aromatic nitrogens is 2. The van der Waals surface area contributed by atoms with Crippen LogP contribution in [-0.2, 0) is 0 Å². The van der Waals surface area contributed by atoms with E-state index in [1.165, 1.54) is 5.56 Å². The number of hydrogen-bond acceptors (Lipinski definition) is 4. The lowest BCUT2D eigenvalue weighted by molar-refractivity contribution is 0.279. The summed E-state index contributed by atoms with van der Waals surface area (Å²) >= 11 is 5.89. The van der Waals surface area contributed by atoms with Crippen LogP contribution in [0.2, 0.25) is 5.02 Å². The number of hydrogen-bond donors (Lipinski definition) is 0. The molecule has 0 amide bonds. The summed E-state index contributed by atoms with van der Waals surface area (Å²) in [7, 11) is 2.24. The number of benzene rings is 1. The van der Waals surface area contributed by atoms with Crippen LogP contribution >= 0.6 is 11.6 Å². The van der Waals surface area contributed by atoms with Crippen molar-refractivity contribution in [2.45, 2.75) is 6.04 Å². The van der Waals surface area contributed by atoms with Gasteiger partial charge in [-0.2, -0.15) is 0 Å². The molecule has 1 aromatic heterocycles. The molecule has 2 fully saturated rings. The zero-order chi connectivity index (χ0) is 15.1. The van der Waals surface area contributed by atoms with Gasteiger partial charge in [0.1, 0.15) is 0 Å². The molecule has 0 unspecified atom stereocenters. The van der Waals surface area contributed by atoms with Crippen molar-refractivity contribution >= 4 is 17.5 Å². The van der Waals surface area contributed by atoms with E-state index in [2.05, 4.69) is 57.1 Å². The molecule has 4 rings (SSSR count). The molecule has 22 heavy (non-hydrogen) atoms. The van der Waals surface area contributed by atoms with Gasteiger partial charge in [0.25, 0.3) is 0 Å². The van der Waals surface area contributed by atoms with Crippen molar-refractivity contribution in [2.75, 3.05) is 31.6 Å². The van der Waals surface area contributed by atoms with Crippen LogP contribution in [0.15, 0.2) is 42.7 Å². The maximum atomic E-state index is 5.89. The van der Waals surface area contributed by atoms with Crippen molar-refractivity contribution in [3.63, 3.8) is 0 Å². The third-order valence-electron chi connectivity index (χ3n) is 4.93. The zero-order valence-corrected chi connectivity index (χ0v) is 13.3. The molecule has 4 nitrogen and oxygen atoms in total. The maximum Gasteiger partial charge on any atom is 0.225 e. The lowest BCUT2D eigenvalue weighted by Gasteiger charge is -2.26. The zero-order valence-electron chi connectivity index (χ0n) is 12.6. The lowest BCUT2D eigenvalue weighted by atomic mass is 9.90. The third-order valence-corrected chi connectivity index (χ3v) is 5.12. The first-order valence-electron chi connectivity index (χ1n) is 7.70. The van der Waals surface area contributed by atoms with Crippen LogP contribution in [-0.4, -0.2) is 41.5 Å². The Balaban J connectivity index is 1.57. The third kappa shape index (κ3) is 2.36. The molecule has 3 atom stereocenters. The summed E-state index contributed by atoms with van der Waals surface area (Å²) in [6.45, 7) is 3.17. The van der Waals surface area contributed by atoms with E-state index in [9.17, 15) is 0 Å². The highest BCUT2D eigenvalue weighted by atomic mass is 35.5.